The molecule has 0 N–H and O–H groups in total. The number of rotatable bonds is 3. The lowest BCUT2D eigenvalue weighted by molar-refractivity contribution is 0.240. The van der Waals surface area contributed by atoms with Crippen LogP contribution < -0.4 is 4.74 Å². The summed E-state index contributed by atoms with van der Waals surface area (Å²) in [4.78, 5) is 0. The molecule has 0 aliphatic rings. The van der Waals surface area contributed by atoms with Gasteiger partial charge in [-0.3, -0.25) is 0 Å². The summed E-state index contributed by atoms with van der Waals surface area (Å²) < 4.78 is 6.69. The third-order valence-electron chi connectivity index (χ3n) is 1.89. The van der Waals surface area contributed by atoms with Crippen LogP contribution in [-0.2, 0) is 0 Å². The van der Waals surface area contributed by atoms with E-state index in [1.165, 1.54) is 5.56 Å². The van der Waals surface area contributed by atoms with E-state index in [0.29, 0.717) is 0 Å². The predicted molar refractivity (Wildman–Crippen MR) is 63.7 cm³/mol. The number of ether oxygens (including phenoxy) is 1. The first-order chi connectivity index (χ1) is 6.52. The van der Waals surface area contributed by atoms with Crippen LogP contribution >= 0.6 is 15.9 Å². The molecule has 1 nitrogen and oxygen atoms in total. The molecule has 0 heterocycles. The van der Waals surface area contributed by atoms with Crippen molar-refractivity contribution in [3.05, 3.63) is 35.2 Å². The summed E-state index contributed by atoms with van der Waals surface area (Å²) in [5.41, 5.74) is 1.18. The highest BCUT2D eigenvalue weighted by Gasteiger charge is 2.10. The molecule has 0 aliphatic heterocycles. The van der Waals surface area contributed by atoms with Gasteiger partial charge in [-0.2, -0.15) is 0 Å². The van der Waals surface area contributed by atoms with E-state index in [4.69, 9.17) is 4.74 Å². The minimum atomic E-state index is 0.196. The lowest BCUT2D eigenvalue weighted by atomic mass is 10.0. The molecule has 0 amide bonds. The Hall–Kier alpha value is -0.500. The maximum absolute atomic E-state index is 5.66. The van der Waals surface area contributed by atoms with Gasteiger partial charge in [0.15, 0.2) is 0 Å². The summed E-state index contributed by atoms with van der Waals surface area (Å²) in [6.45, 7) is 10.1. The molecule has 2 heteroatoms. The number of hydrogen-bond acceptors (Lipinski definition) is 1. The molecular formula is C12H16BrO. The van der Waals surface area contributed by atoms with E-state index in [1.807, 2.05) is 26.0 Å². The molecule has 14 heavy (non-hydrogen) atoms. The van der Waals surface area contributed by atoms with E-state index in [-0.39, 0.29) is 12.0 Å². The first kappa shape index (κ1) is 11.6. The Morgan fingerprint density at radius 3 is 2.43 bits per heavy atom. The van der Waals surface area contributed by atoms with Gasteiger partial charge in [-0.25, -0.2) is 0 Å². The first-order valence-corrected chi connectivity index (χ1v) is 5.59. The van der Waals surface area contributed by atoms with Gasteiger partial charge in [0.1, 0.15) is 5.75 Å². The smallest absolute Gasteiger partial charge is 0.134 e. The van der Waals surface area contributed by atoms with Gasteiger partial charge in [-0.1, -0.05) is 19.1 Å². The Bertz CT molecular complexity index is 305. The zero-order valence-corrected chi connectivity index (χ0v) is 10.5. The fraction of sp³-hybridized carbons (Fsp3) is 0.417. The lowest BCUT2D eigenvalue weighted by Gasteiger charge is -2.15. The first-order valence-electron chi connectivity index (χ1n) is 4.80. The fourth-order valence-electron chi connectivity index (χ4n) is 1.25. The molecule has 0 saturated heterocycles. The van der Waals surface area contributed by atoms with Crippen molar-refractivity contribution in [1.82, 2.24) is 0 Å². The third kappa shape index (κ3) is 2.74. The second kappa shape index (κ2) is 4.83. The molecule has 1 aromatic rings. The molecule has 0 aromatic heterocycles. The molecule has 1 aromatic carbocycles. The molecule has 1 unspecified atom stereocenters. The van der Waals surface area contributed by atoms with Crippen LogP contribution in [0, 0.1) is 6.92 Å². The summed E-state index contributed by atoms with van der Waals surface area (Å²) in [6, 6.07) is 6.03. The normalized spacial score (nSPS) is 11.1. The van der Waals surface area contributed by atoms with Gasteiger partial charge in [-0.15, -0.1) is 0 Å². The highest BCUT2D eigenvalue weighted by Crippen LogP contribution is 2.33. The van der Waals surface area contributed by atoms with Crippen molar-refractivity contribution in [2.24, 2.45) is 0 Å². The number of hydrogen-bond donors (Lipinski definition) is 0. The predicted octanol–water partition coefficient (Wildman–Crippen LogP) is 4.17. The van der Waals surface area contributed by atoms with Gasteiger partial charge in [0.2, 0.25) is 0 Å². The summed E-state index contributed by atoms with van der Waals surface area (Å²) >= 11 is 3.55. The Kier molecular flexibility index (Phi) is 3.99. The average molecular weight is 256 g/mol. The van der Waals surface area contributed by atoms with Crippen LogP contribution in [0.1, 0.15) is 32.3 Å². The minimum Gasteiger partial charge on any atom is -0.490 e. The summed E-state index contributed by atoms with van der Waals surface area (Å²) in [5, 5.41) is 0. The van der Waals surface area contributed by atoms with Crippen molar-refractivity contribution in [2.75, 3.05) is 0 Å². The highest BCUT2D eigenvalue weighted by atomic mass is 79.9. The van der Waals surface area contributed by atoms with Crippen LogP contribution in [0.5, 0.6) is 5.75 Å². The fourth-order valence-corrected chi connectivity index (χ4v) is 2.00. The van der Waals surface area contributed by atoms with E-state index >= 15 is 0 Å². The molecule has 0 saturated carbocycles. The largest absolute Gasteiger partial charge is 0.490 e. The summed E-state index contributed by atoms with van der Waals surface area (Å²) in [5.74, 6) is 1.16. The maximum Gasteiger partial charge on any atom is 0.134 e. The average Bonchev–Trinajstić information content (AvgIpc) is 2.07. The van der Waals surface area contributed by atoms with Crippen molar-refractivity contribution in [3.8, 4) is 5.75 Å². The van der Waals surface area contributed by atoms with Crippen LogP contribution in [0.4, 0.5) is 0 Å². The molecule has 1 atom stereocenters. The number of benzene rings is 1. The van der Waals surface area contributed by atoms with E-state index < -0.39 is 0 Å². The van der Waals surface area contributed by atoms with Crippen LogP contribution in [0.3, 0.4) is 0 Å². The Morgan fingerprint density at radius 2 is 1.93 bits per heavy atom. The topological polar surface area (TPSA) is 9.23 Å². The summed E-state index contributed by atoms with van der Waals surface area (Å²) in [7, 11) is 0. The SMILES string of the molecule is [CH2]C(C)c1cccc(OC(C)C)c1Br. The Morgan fingerprint density at radius 1 is 1.29 bits per heavy atom. The van der Waals surface area contributed by atoms with Gasteiger partial charge in [0.25, 0.3) is 0 Å². The second-order valence-electron chi connectivity index (χ2n) is 3.73. The molecular weight excluding hydrogens is 240 g/mol. The van der Waals surface area contributed by atoms with Crippen LogP contribution in [-0.4, -0.2) is 6.10 Å². The highest BCUT2D eigenvalue weighted by molar-refractivity contribution is 9.10. The van der Waals surface area contributed by atoms with Gasteiger partial charge < -0.3 is 4.74 Å². The molecule has 0 aliphatic carbocycles. The van der Waals surface area contributed by atoms with Crippen LogP contribution in [0.25, 0.3) is 0 Å². The van der Waals surface area contributed by atoms with Crippen molar-refractivity contribution in [3.63, 3.8) is 0 Å². The zero-order chi connectivity index (χ0) is 10.7. The van der Waals surface area contributed by atoms with Gasteiger partial charge in [-0.05, 0) is 54.2 Å². The minimum absolute atomic E-state index is 0.196. The monoisotopic (exact) mass is 255 g/mol. The van der Waals surface area contributed by atoms with E-state index in [2.05, 4.69) is 35.8 Å². The maximum atomic E-state index is 5.66. The second-order valence-corrected chi connectivity index (χ2v) is 4.52. The summed E-state index contributed by atoms with van der Waals surface area (Å²) in [6.07, 6.45) is 0.196. The molecule has 1 radical (unpaired) electrons. The molecule has 77 valence electrons. The molecule has 0 spiro atoms. The van der Waals surface area contributed by atoms with Crippen LogP contribution in [0.2, 0.25) is 0 Å². The van der Waals surface area contributed by atoms with Crippen molar-refractivity contribution in [2.45, 2.75) is 32.8 Å². The zero-order valence-electron chi connectivity index (χ0n) is 8.88. The van der Waals surface area contributed by atoms with Crippen LogP contribution in [0.15, 0.2) is 22.7 Å². The van der Waals surface area contributed by atoms with Crippen molar-refractivity contribution in [1.29, 1.82) is 0 Å². The molecule has 0 bridgehead atoms. The van der Waals surface area contributed by atoms with E-state index in [0.717, 1.165) is 10.2 Å². The molecule has 0 fully saturated rings. The van der Waals surface area contributed by atoms with Gasteiger partial charge in [0, 0.05) is 0 Å². The number of halogens is 1. The quantitative estimate of drug-likeness (QED) is 0.788. The van der Waals surface area contributed by atoms with Gasteiger partial charge >= 0.3 is 0 Å². The van der Waals surface area contributed by atoms with Crippen molar-refractivity contribution >= 4 is 15.9 Å². The van der Waals surface area contributed by atoms with Gasteiger partial charge in [0.05, 0.1) is 10.6 Å². The van der Waals surface area contributed by atoms with Crippen molar-refractivity contribution < 1.29 is 4.74 Å². The standard InChI is InChI=1S/C12H16BrO/c1-8(2)10-6-5-7-11(12(10)13)14-9(3)4/h5-9H,1H2,2-4H3. The lowest BCUT2D eigenvalue weighted by Crippen LogP contribution is -2.06. The molecule has 1 rings (SSSR count). The Labute approximate surface area is 94.6 Å². The van der Waals surface area contributed by atoms with E-state index in [9.17, 15) is 0 Å². The van der Waals surface area contributed by atoms with E-state index in [1.54, 1.807) is 0 Å². The Balaban J connectivity index is 3.01. The third-order valence-corrected chi connectivity index (χ3v) is 2.74.